The summed E-state index contributed by atoms with van der Waals surface area (Å²) in [6.45, 7) is 8.14. The Labute approximate surface area is 96.5 Å². The summed E-state index contributed by atoms with van der Waals surface area (Å²) in [5, 5.41) is 0. The summed E-state index contributed by atoms with van der Waals surface area (Å²) < 4.78 is 15.9. The van der Waals surface area contributed by atoms with Gasteiger partial charge in [0.2, 0.25) is 4.38 Å². The summed E-state index contributed by atoms with van der Waals surface area (Å²) in [7, 11) is 0. The van der Waals surface area contributed by atoms with Crippen LogP contribution in [-0.2, 0) is 14.2 Å². The summed E-state index contributed by atoms with van der Waals surface area (Å²) in [5.74, 6) is 0. The van der Waals surface area contributed by atoms with E-state index < -0.39 is 0 Å². The lowest BCUT2D eigenvalue weighted by Crippen LogP contribution is -2.22. The fourth-order valence-electron chi connectivity index (χ4n) is 0.697. The zero-order valence-corrected chi connectivity index (χ0v) is 10.6. The van der Waals surface area contributed by atoms with Crippen LogP contribution < -0.4 is 0 Å². The molecule has 0 N–H and O–H groups in total. The molecule has 0 aliphatic rings. The van der Waals surface area contributed by atoms with Crippen molar-refractivity contribution < 1.29 is 14.2 Å². The van der Waals surface area contributed by atoms with Gasteiger partial charge in [0.25, 0.3) is 0 Å². The van der Waals surface area contributed by atoms with Gasteiger partial charge in [-0.15, -0.1) is 0 Å². The number of rotatable bonds is 6. The highest BCUT2D eigenvalue weighted by molar-refractivity contribution is 8.10. The molecule has 0 radical (unpaired) electrons. The van der Waals surface area contributed by atoms with Crippen LogP contribution in [-0.4, -0.2) is 36.4 Å². The molecule has 0 spiro atoms. The van der Waals surface area contributed by atoms with Crippen molar-refractivity contribution in [2.45, 2.75) is 26.4 Å². The topological polar surface area (TPSA) is 27.7 Å². The van der Waals surface area contributed by atoms with Crippen molar-refractivity contribution in [3.8, 4) is 0 Å². The second-order valence-electron chi connectivity index (χ2n) is 3.69. The monoisotopic (exact) mass is 238 g/mol. The summed E-state index contributed by atoms with van der Waals surface area (Å²) >= 11 is 8.42. The fourth-order valence-corrected chi connectivity index (χ4v) is 0.871. The van der Waals surface area contributed by atoms with E-state index in [0.717, 1.165) is 0 Å². The van der Waals surface area contributed by atoms with Gasteiger partial charge in [-0.25, -0.2) is 0 Å². The minimum absolute atomic E-state index is 0.105. The van der Waals surface area contributed by atoms with Gasteiger partial charge in [0.05, 0.1) is 25.4 Å². The van der Waals surface area contributed by atoms with E-state index in [2.05, 4.69) is 24.8 Å². The molecular weight excluding hydrogens is 220 g/mol. The van der Waals surface area contributed by atoms with E-state index in [-0.39, 0.29) is 9.98 Å². The van der Waals surface area contributed by atoms with Crippen LogP contribution in [0.25, 0.3) is 0 Å². The molecule has 3 nitrogen and oxygen atoms in total. The van der Waals surface area contributed by atoms with Crippen molar-refractivity contribution in [2.75, 3.05) is 26.4 Å². The van der Waals surface area contributed by atoms with E-state index in [9.17, 15) is 0 Å². The van der Waals surface area contributed by atoms with E-state index in [1.165, 1.54) is 0 Å². The Hall–Kier alpha value is 0.160. The predicted molar refractivity (Wildman–Crippen MR) is 64.1 cm³/mol. The molecule has 0 rings (SSSR count). The van der Waals surface area contributed by atoms with Crippen LogP contribution in [0.5, 0.6) is 0 Å². The molecule has 0 bridgehead atoms. The standard InChI is InChI=1S/C9H18O3S2/c1-9(2,3)12-7-5-10-4-6-11-8(13)14/h4-7H2,1-3H3,(H,13,14). The number of hydrogen-bond acceptors (Lipinski definition) is 4. The van der Waals surface area contributed by atoms with Crippen LogP contribution in [0, 0.1) is 0 Å². The molecule has 0 aromatic carbocycles. The molecule has 0 saturated heterocycles. The van der Waals surface area contributed by atoms with Gasteiger partial charge in [0.15, 0.2) is 0 Å². The van der Waals surface area contributed by atoms with Crippen molar-refractivity contribution in [3.05, 3.63) is 0 Å². The van der Waals surface area contributed by atoms with Gasteiger partial charge in [0, 0.05) is 0 Å². The van der Waals surface area contributed by atoms with Crippen molar-refractivity contribution in [1.29, 1.82) is 0 Å². The third-order valence-corrected chi connectivity index (χ3v) is 1.46. The minimum atomic E-state index is -0.105. The Balaban J connectivity index is 3.11. The van der Waals surface area contributed by atoms with E-state index in [1.54, 1.807) is 0 Å². The Morgan fingerprint density at radius 2 is 1.71 bits per heavy atom. The number of thiol groups is 1. The molecular formula is C9H18O3S2. The van der Waals surface area contributed by atoms with Crippen molar-refractivity contribution in [1.82, 2.24) is 0 Å². The van der Waals surface area contributed by atoms with Crippen molar-refractivity contribution in [3.63, 3.8) is 0 Å². The lowest BCUT2D eigenvalue weighted by molar-refractivity contribution is -0.0377. The lowest BCUT2D eigenvalue weighted by Gasteiger charge is -2.19. The highest BCUT2D eigenvalue weighted by Gasteiger charge is 2.08. The quantitative estimate of drug-likeness (QED) is 0.435. The average Bonchev–Trinajstić information content (AvgIpc) is 2.00. The first-order chi connectivity index (χ1) is 6.42. The zero-order valence-electron chi connectivity index (χ0n) is 8.91. The highest BCUT2D eigenvalue weighted by Crippen LogP contribution is 2.05. The maximum atomic E-state index is 5.45. The molecule has 5 heteroatoms. The second-order valence-corrected chi connectivity index (χ2v) is 4.77. The molecule has 0 heterocycles. The zero-order chi connectivity index (χ0) is 11.0. The molecule has 0 aromatic heterocycles. The van der Waals surface area contributed by atoms with Gasteiger partial charge in [-0.2, -0.15) is 0 Å². The second kappa shape index (κ2) is 7.45. The molecule has 0 aromatic rings. The average molecular weight is 238 g/mol. The van der Waals surface area contributed by atoms with E-state index >= 15 is 0 Å². The summed E-state index contributed by atoms with van der Waals surface area (Å²) in [6.07, 6.45) is 0. The Morgan fingerprint density at radius 1 is 1.14 bits per heavy atom. The normalized spacial score (nSPS) is 11.4. The molecule has 0 atom stereocenters. The largest absolute Gasteiger partial charge is 0.476 e. The molecule has 0 saturated carbocycles. The molecule has 0 aliphatic carbocycles. The number of hydrogen-bond donors (Lipinski definition) is 1. The van der Waals surface area contributed by atoms with Gasteiger partial charge in [0.1, 0.15) is 6.61 Å². The van der Waals surface area contributed by atoms with Gasteiger partial charge in [-0.1, -0.05) is 12.6 Å². The highest BCUT2D eigenvalue weighted by atomic mass is 32.1. The van der Waals surface area contributed by atoms with Gasteiger partial charge in [-0.3, -0.25) is 0 Å². The number of ether oxygens (including phenoxy) is 3. The van der Waals surface area contributed by atoms with E-state index in [4.69, 9.17) is 14.2 Å². The maximum Gasteiger partial charge on any atom is 0.216 e. The van der Waals surface area contributed by atoms with Crippen LogP contribution in [0.3, 0.4) is 0 Å². The molecule has 0 amide bonds. The predicted octanol–water partition coefficient (Wildman–Crippen LogP) is 2.05. The maximum absolute atomic E-state index is 5.45. The summed E-state index contributed by atoms with van der Waals surface area (Å²) in [5.41, 5.74) is -0.105. The van der Waals surface area contributed by atoms with Crippen LogP contribution >= 0.6 is 24.8 Å². The van der Waals surface area contributed by atoms with Crippen LogP contribution in [0.1, 0.15) is 20.8 Å². The molecule has 0 aliphatic heterocycles. The first-order valence-corrected chi connectivity index (χ1v) is 5.35. The minimum Gasteiger partial charge on any atom is -0.476 e. The van der Waals surface area contributed by atoms with Gasteiger partial charge in [-0.05, 0) is 33.0 Å². The van der Waals surface area contributed by atoms with Crippen LogP contribution in [0.4, 0.5) is 0 Å². The van der Waals surface area contributed by atoms with Crippen molar-refractivity contribution >= 4 is 29.2 Å². The van der Waals surface area contributed by atoms with E-state index in [1.807, 2.05) is 20.8 Å². The smallest absolute Gasteiger partial charge is 0.216 e. The first-order valence-electron chi connectivity index (χ1n) is 4.49. The summed E-state index contributed by atoms with van der Waals surface area (Å²) in [4.78, 5) is 0. The van der Waals surface area contributed by atoms with Crippen LogP contribution in [0.15, 0.2) is 0 Å². The summed E-state index contributed by atoms with van der Waals surface area (Å²) in [6, 6.07) is 0. The molecule has 0 unspecified atom stereocenters. The third-order valence-electron chi connectivity index (χ3n) is 1.22. The van der Waals surface area contributed by atoms with E-state index in [0.29, 0.717) is 26.4 Å². The molecule has 14 heavy (non-hydrogen) atoms. The number of thiocarbonyl (C=S) groups is 1. The molecule has 84 valence electrons. The lowest BCUT2D eigenvalue weighted by atomic mass is 10.2. The van der Waals surface area contributed by atoms with Crippen molar-refractivity contribution in [2.24, 2.45) is 0 Å². The van der Waals surface area contributed by atoms with Gasteiger partial charge < -0.3 is 14.2 Å². The Kier molecular flexibility index (Phi) is 7.54. The SMILES string of the molecule is CC(C)(C)OCCOCCOC(=S)S. The third kappa shape index (κ3) is 12.2. The van der Waals surface area contributed by atoms with Gasteiger partial charge >= 0.3 is 0 Å². The first kappa shape index (κ1) is 14.2. The Morgan fingerprint density at radius 3 is 2.21 bits per heavy atom. The fraction of sp³-hybridized carbons (Fsp3) is 0.889. The Bertz CT molecular complexity index is 166. The van der Waals surface area contributed by atoms with Crippen LogP contribution in [0.2, 0.25) is 0 Å². The molecule has 0 fully saturated rings.